The monoisotopic (exact) mass is 392 g/mol. The molecule has 0 N–H and O–H groups in total. The molecule has 0 saturated heterocycles. The molecule has 0 radical (unpaired) electrons. The number of carbonyl (C=O) groups excluding carboxylic acids is 2. The van der Waals surface area contributed by atoms with E-state index in [9.17, 15) is 9.59 Å². The molecule has 0 unspecified atom stereocenters. The summed E-state index contributed by atoms with van der Waals surface area (Å²) in [4.78, 5) is 22.3. The van der Waals surface area contributed by atoms with Crippen molar-refractivity contribution in [3.63, 3.8) is 0 Å². The average Bonchev–Trinajstić information content (AvgIpc) is 3.31. The Morgan fingerprint density at radius 3 is 1.81 bits per heavy atom. The Morgan fingerprint density at radius 2 is 1.33 bits per heavy atom. The van der Waals surface area contributed by atoms with Crippen LogP contribution in [-0.4, -0.2) is 31.9 Å². The van der Waals surface area contributed by atoms with E-state index in [-0.39, 0.29) is 19.6 Å². The van der Waals surface area contributed by atoms with Gasteiger partial charge in [-0.1, -0.05) is 0 Å². The third-order valence-corrected chi connectivity index (χ3v) is 4.40. The lowest BCUT2D eigenvalue weighted by Gasteiger charge is -2.05. The second kappa shape index (κ2) is 7.75. The molecule has 0 aliphatic carbocycles. The highest BCUT2D eigenvalue weighted by Gasteiger charge is 2.21. The van der Waals surface area contributed by atoms with Gasteiger partial charge >= 0.3 is 5.97 Å². The molecule has 0 amide bonds. The Bertz CT molecular complexity index is 907. The van der Waals surface area contributed by atoms with E-state index in [1.807, 2.05) is 0 Å². The van der Waals surface area contributed by atoms with Gasteiger partial charge in [0.15, 0.2) is 23.0 Å². The van der Waals surface area contributed by atoms with Gasteiger partial charge in [-0.15, -0.1) is 0 Å². The zero-order valence-electron chi connectivity index (χ0n) is 15.0. The number of methoxy groups -OCH3 is 1. The van der Waals surface area contributed by atoms with Crippen LogP contribution in [0.2, 0.25) is 0 Å². The van der Waals surface area contributed by atoms with Gasteiger partial charge in [-0.05, 0) is 49.7 Å². The van der Waals surface area contributed by atoms with Crippen molar-refractivity contribution in [2.45, 2.75) is 13.8 Å². The maximum Gasteiger partial charge on any atom is 0.338 e. The second-order valence-electron chi connectivity index (χ2n) is 5.71. The number of ether oxygens (including phenoxy) is 5. The van der Waals surface area contributed by atoms with Crippen molar-refractivity contribution in [1.29, 1.82) is 0 Å². The summed E-state index contributed by atoms with van der Waals surface area (Å²) in [6.07, 6.45) is 0. The predicted octanol–water partition coefficient (Wildman–Crippen LogP) is 3.61. The van der Waals surface area contributed by atoms with E-state index < -0.39 is 5.24 Å². The molecule has 0 bridgehead atoms. The van der Waals surface area contributed by atoms with E-state index in [1.165, 1.54) is 7.11 Å². The molecule has 2 aliphatic heterocycles. The Labute approximate surface area is 160 Å². The molecule has 0 fully saturated rings. The van der Waals surface area contributed by atoms with E-state index in [2.05, 4.69) is 4.74 Å². The molecule has 2 heterocycles. The molecule has 8 heteroatoms. The highest BCUT2D eigenvalue weighted by Crippen LogP contribution is 2.38. The Hall–Kier alpha value is -2.93. The van der Waals surface area contributed by atoms with Crippen molar-refractivity contribution < 1.29 is 33.3 Å². The normalized spacial score (nSPS) is 12.9. The van der Waals surface area contributed by atoms with Gasteiger partial charge in [0.05, 0.1) is 12.7 Å². The maximum atomic E-state index is 11.3. The van der Waals surface area contributed by atoms with Crippen molar-refractivity contribution in [2.75, 3.05) is 20.7 Å². The van der Waals surface area contributed by atoms with Gasteiger partial charge in [0.1, 0.15) is 0 Å². The third kappa shape index (κ3) is 3.64. The van der Waals surface area contributed by atoms with E-state index >= 15 is 0 Å². The molecule has 2 aromatic carbocycles. The number of fused-ring (bicyclic) bond motifs is 2. The topological polar surface area (TPSA) is 80.3 Å². The van der Waals surface area contributed by atoms with Gasteiger partial charge in [-0.25, -0.2) is 4.79 Å². The third-order valence-electron chi connectivity index (χ3n) is 4.19. The van der Waals surface area contributed by atoms with E-state index in [1.54, 1.807) is 38.1 Å². The molecule has 0 aromatic heterocycles. The van der Waals surface area contributed by atoms with Crippen LogP contribution < -0.4 is 18.9 Å². The SMILES string of the molecule is COC(=O)c1ccc2c(c1C)OCO2.Cc1c(C(=O)Cl)ccc2c1OCO2. The van der Waals surface area contributed by atoms with Crippen molar-refractivity contribution in [3.8, 4) is 23.0 Å². The molecular formula is C19H17ClO7. The number of benzene rings is 2. The first-order valence-corrected chi connectivity index (χ1v) is 8.38. The van der Waals surface area contributed by atoms with Crippen molar-refractivity contribution in [3.05, 3.63) is 46.5 Å². The first-order valence-electron chi connectivity index (χ1n) is 8.00. The van der Waals surface area contributed by atoms with Crippen LogP contribution >= 0.6 is 11.6 Å². The number of carbonyl (C=O) groups is 2. The molecule has 0 saturated carbocycles. The number of hydrogen-bond donors (Lipinski definition) is 0. The Balaban J connectivity index is 0.000000156. The number of rotatable bonds is 2. The molecule has 142 valence electrons. The Kier molecular flexibility index (Phi) is 5.41. The summed E-state index contributed by atoms with van der Waals surface area (Å²) in [5.74, 6) is 2.23. The van der Waals surface area contributed by atoms with Gasteiger partial charge < -0.3 is 23.7 Å². The zero-order valence-corrected chi connectivity index (χ0v) is 15.7. The van der Waals surface area contributed by atoms with E-state index in [0.29, 0.717) is 34.1 Å². The smallest absolute Gasteiger partial charge is 0.338 e. The van der Waals surface area contributed by atoms with Crippen LogP contribution in [-0.2, 0) is 4.74 Å². The van der Waals surface area contributed by atoms with Crippen LogP contribution in [0.1, 0.15) is 31.8 Å². The molecular weight excluding hydrogens is 376 g/mol. The number of esters is 1. The predicted molar refractivity (Wildman–Crippen MR) is 96.1 cm³/mol. The summed E-state index contributed by atoms with van der Waals surface area (Å²) in [7, 11) is 1.35. The molecule has 7 nitrogen and oxygen atoms in total. The standard InChI is InChI=1S/C10H10O4.C9H7ClO3/c1-6-7(10(11)12-2)3-4-8-9(6)14-5-13-8;1-5-6(9(10)11)2-3-7-8(5)13-4-12-7/h3-4H,5H2,1-2H3;2-3H,4H2,1H3. The van der Waals surface area contributed by atoms with Crippen LogP contribution in [0, 0.1) is 13.8 Å². The zero-order chi connectivity index (χ0) is 19.6. The average molecular weight is 393 g/mol. The summed E-state index contributed by atoms with van der Waals surface area (Å²) >= 11 is 5.37. The summed E-state index contributed by atoms with van der Waals surface area (Å²) in [6, 6.07) is 6.71. The highest BCUT2D eigenvalue weighted by atomic mass is 35.5. The molecule has 2 aliphatic rings. The molecule has 2 aromatic rings. The summed E-state index contributed by atoms with van der Waals surface area (Å²) < 4.78 is 25.4. The first kappa shape index (κ1) is 18.8. The molecule has 0 spiro atoms. The Morgan fingerprint density at radius 1 is 0.852 bits per heavy atom. The van der Waals surface area contributed by atoms with E-state index in [0.717, 1.165) is 11.1 Å². The summed E-state index contributed by atoms with van der Waals surface area (Å²) in [6.45, 7) is 4.00. The van der Waals surface area contributed by atoms with Crippen LogP contribution in [0.15, 0.2) is 24.3 Å². The fraction of sp³-hybridized carbons (Fsp3) is 0.263. The van der Waals surface area contributed by atoms with Crippen LogP contribution in [0.3, 0.4) is 0 Å². The van der Waals surface area contributed by atoms with Gasteiger partial charge in [0.2, 0.25) is 13.6 Å². The number of halogens is 1. The summed E-state index contributed by atoms with van der Waals surface area (Å²) in [5.41, 5.74) is 2.46. The highest BCUT2D eigenvalue weighted by molar-refractivity contribution is 6.68. The molecule has 27 heavy (non-hydrogen) atoms. The lowest BCUT2D eigenvalue weighted by atomic mass is 10.1. The maximum absolute atomic E-state index is 11.3. The van der Waals surface area contributed by atoms with Crippen LogP contribution in [0.25, 0.3) is 0 Å². The molecule has 4 rings (SSSR count). The fourth-order valence-corrected chi connectivity index (χ4v) is 2.97. The second-order valence-corrected chi connectivity index (χ2v) is 6.05. The minimum Gasteiger partial charge on any atom is -0.465 e. The van der Waals surface area contributed by atoms with E-state index in [4.69, 9.17) is 30.5 Å². The lowest BCUT2D eigenvalue weighted by molar-refractivity contribution is 0.0599. The first-order chi connectivity index (χ1) is 12.9. The van der Waals surface area contributed by atoms with Crippen molar-refractivity contribution in [2.24, 2.45) is 0 Å². The van der Waals surface area contributed by atoms with Gasteiger partial charge in [0, 0.05) is 16.7 Å². The fourth-order valence-electron chi connectivity index (χ4n) is 2.77. The van der Waals surface area contributed by atoms with Crippen LogP contribution in [0.4, 0.5) is 0 Å². The quantitative estimate of drug-likeness (QED) is 0.570. The number of hydrogen-bond acceptors (Lipinski definition) is 7. The van der Waals surface area contributed by atoms with Gasteiger partial charge in [-0.2, -0.15) is 0 Å². The minimum absolute atomic E-state index is 0.204. The van der Waals surface area contributed by atoms with Crippen molar-refractivity contribution >= 4 is 22.8 Å². The minimum atomic E-state index is -0.476. The summed E-state index contributed by atoms with van der Waals surface area (Å²) in [5, 5.41) is -0.476. The van der Waals surface area contributed by atoms with Crippen molar-refractivity contribution in [1.82, 2.24) is 0 Å². The van der Waals surface area contributed by atoms with Gasteiger partial charge in [0.25, 0.3) is 5.24 Å². The lowest BCUT2D eigenvalue weighted by Crippen LogP contribution is -2.03. The molecule has 0 atom stereocenters. The largest absolute Gasteiger partial charge is 0.465 e. The van der Waals surface area contributed by atoms with Crippen LogP contribution in [0.5, 0.6) is 23.0 Å². The van der Waals surface area contributed by atoms with Gasteiger partial charge in [-0.3, -0.25) is 4.79 Å².